The van der Waals surface area contributed by atoms with Gasteiger partial charge in [0.15, 0.2) is 0 Å². The molecule has 2 aromatic carbocycles. The van der Waals surface area contributed by atoms with Gasteiger partial charge in [-0.1, -0.05) is 24.3 Å². The Balaban J connectivity index is 1.70. The summed E-state index contributed by atoms with van der Waals surface area (Å²) in [5, 5.41) is 0. The minimum absolute atomic E-state index is 0.279. The van der Waals surface area contributed by atoms with Crippen LogP contribution in [0.4, 0.5) is 14.5 Å². The molecule has 1 aliphatic heterocycles. The molecule has 1 saturated heterocycles. The number of carbonyl (C=O) groups is 1. The lowest BCUT2D eigenvalue weighted by atomic mass is 10.2. The first kappa shape index (κ1) is 23.5. The molecule has 0 aliphatic carbocycles. The lowest BCUT2D eigenvalue weighted by Gasteiger charge is -2.37. The molecule has 168 valence electrons. The Kier molecular flexibility index (Phi) is 7.90. The maximum absolute atomic E-state index is 14.0. The van der Waals surface area contributed by atoms with Crippen molar-refractivity contribution in [1.82, 2.24) is 9.62 Å². The summed E-state index contributed by atoms with van der Waals surface area (Å²) in [6, 6.07) is 10.5. The van der Waals surface area contributed by atoms with E-state index in [0.717, 1.165) is 6.07 Å². The van der Waals surface area contributed by atoms with Gasteiger partial charge in [-0.25, -0.2) is 17.2 Å². The molecule has 1 atom stereocenters. The number of piperazine rings is 1. The number of rotatable bonds is 8. The Morgan fingerprint density at radius 2 is 1.65 bits per heavy atom. The third-order valence-corrected chi connectivity index (χ3v) is 7.27. The van der Waals surface area contributed by atoms with Gasteiger partial charge < -0.3 is 9.80 Å². The summed E-state index contributed by atoms with van der Waals surface area (Å²) in [5.41, 5.74) is 0.480. The molecule has 0 aromatic heterocycles. The van der Waals surface area contributed by atoms with Gasteiger partial charge in [-0.05, 0) is 42.7 Å². The average Bonchev–Trinajstić information content (AvgIpc) is 2.77. The van der Waals surface area contributed by atoms with Crippen LogP contribution < -0.4 is 9.62 Å². The van der Waals surface area contributed by atoms with Crippen molar-refractivity contribution in [2.75, 3.05) is 43.1 Å². The predicted octanol–water partition coefficient (Wildman–Crippen LogP) is 2.71. The largest absolute Gasteiger partial charge is 0.366 e. The van der Waals surface area contributed by atoms with E-state index in [4.69, 9.17) is 0 Å². The minimum atomic E-state index is -4.21. The second kappa shape index (κ2) is 10.4. The number of benzene rings is 2. The molecule has 0 spiro atoms. The average molecular weight is 470 g/mol. The molecule has 10 heteroatoms. The highest BCUT2D eigenvalue weighted by Crippen LogP contribution is 2.21. The maximum Gasteiger partial charge on any atom is 0.244 e. The number of halogens is 2. The molecule has 0 bridgehead atoms. The van der Waals surface area contributed by atoms with Crippen molar-refractivity contribution in [2.45, 2.75) is 17.4 Å². The van der Waals surface area contributed by atoms with E-state index in [1.165, 1.54) is 36.0 Å². The van der Waals surface area contributed by atoms with Crippen LogP contribution in [0.15, 0.2) is 53.4 Å². The van der Waals surface area contributed by atoms with Crippen LogP contribution in [0.1, 0.15) is 6.42 Å². The molecule has 0 saturated carbocycles. The van der Waals surface area contributed by atoms with Crippen LogP contribution in [-0.2, 0) is 14.8 Å². The zero-order valence-corrected chi connectivity index (χ0v) is 18.8. The van der Waals surface area contributed by atoms with E-state index in [1.54, 1.807) is 23.1 Å². The van der Waals surface area contributed by atoms with Crippen molar-refractivity contribution in [3.8, 4) is 0 Å². The monoisotopic (exact) mass is 469 g/mol. The van der Waals surface area contributed by atoms with Crippen LogP contribution in [0.5, 0.6) is 0 Å². The molecule has 1 N–H and O–H groups in total. The number of carbonyl (C=O) groups excluding carboxylic acids is 1. The van der Waals surface area contributed by atoms with Gasteiger partial charge in [-0.15, -0.1) is 0 Å². The normalized spacial score (nSPS) is 15.7. The van der Waals surface area contributed by atoms with Gasteiger partial charge in [0, 0.05) is 26.2 Å². The van der Waals surface area contributed by atoms with Crippen molar-refractivity contribution in [3.05, 3.63) is 60.2 Å². The predicted molar refractivity (Wildman–Crippen MR) is 119 cm³/mol. The van der Waals surface area contributed by atoms with E-state index in [-0.39, 0.29) is 18.1 Å². The van der Waals surface area contributed by atoms with Crippen LogP contribution in [0.2, 0.25) is 0 Å². The van der Waals surface area contributed by atoms with Gasteiger partial charge >= 0.3 is 0 Å². The molecule has 1 aliphatic rings. The lowest BCUT2D eigenvalue weighted by Crippen LogP contribution is -2.55. The molecular formula is C21H25F2N3O3S2. The van der Waals surface area contributed by atoms with Gasteiger partial charge in [-0.3, -0.25) is 4.79 Å². The molecule has 1 unspecified atom stereocenters. The van der Waals surface area contributed by atoms with Crippen LogP contribution in [0.25, 0.3) is 0 Å². The van der Waals surface area contributed by atoms with Gasteiger partial charge in [-0.2, -0.15) is 16.5 Å². The standard InChI is InChI=1S/C21H25F2N3O3S2/c1-30-15-10-18(24-31(28,29)20-9-5-3-7-17(20)23)21(27)26-13-11-25(12-14-26)19-8-4-2-6-16(19)22/h2-9,18,24H,10-15H2,1H3. The molecule has 1 amide bonds. The Hall–Kier alpha value is -2.17. The number of sulfonamides is 1. The van der Waals surface area contributed by atoms with E-state index in [1.807, 2.05) is 11.2 Å². The van der Waals surface area contributed by atoms with Crippen molar-refractivity contribution in [2.24, 2.45) is 0 Å². The van der Waals surface area contributed by atoms with E-state index in [2.05, 4.69) is 4.72 Å². The second-order valence-electron chi connectivity index (χ2n) is 7.15. The molecule has 6 nitrogen and oxygen atoms in total. The fourth-order valence-electron chi connectivity index (χ4n) is 3.48. The van der Waals surface area contributed by atoms with Crippen molar-refractivity contribution < 1.29 is 22.0 Å². The van der Waals surface area contributed by atoms with Crippen LogP contribution >= 0.6 is 11.8 Å². The molecule has 0 radical (unpaired) electrons. The van der Waals surface area contributed by atoms with Crippen molar-refractivity contribution in [3.63, 3.8) is 0 Å². The molecule has 1 fully saturated rings. The molecule has 1 heterocycles. The third-order valence-electron chi connectivity index (χ3n) is 5.12. The van der Waals surface area contributed by atoms with Gasteiger partial charge in [0.1, 0.15) is 22.6 Å². The highest BCUT2D eigenvalue weighted by Gasteiger charge is 2.32. The number of nitrogens with one attached hydrogen (secondary N) is 1. The van der Waals surface area contributed by atoms with E-state index in [9.17, 15) is 22.0 Å². The number of anilines is 1. The Morgan fingerprint density at radius 1 is 1.03 bits per heavy atom. The highest BCUT2D eigenvalue weighted by atomic mass is 32.2. The van der Waals surface area contributed by atoms with Crippen LogP contribution in [0.3, 0.4) is 0 Å². The number of nitrogens with zero attached hydrogens (tertiary/aromatic N) is 2. The van der Waals surface area contributed by atoms with Gasteiger partial charge in [0.2, 0.25) is 15.9 Å². The van der Waals surface area contributed by atoms with Gasteiger partial charge in [0.25, 0.3) is 0 Å². The maximum atomic E-state index is 14.0. The van der Waals surface area contributed by atoms with Gasteiger partial charge in [0.05, 0.1) is 5.69 Å². The third kappa shape index (κ3) is 5.75. The summed E-state index contributed by atoms with van der Waals surface area (Å²) in [5.74, 6) is -0.990. The SMILES string of the molecule is CSCCC(NS(=O)(=O)c1ccccc1F)C(=O)N1CCN(c2ccccc2F)CC1. The lowest BCUT2D eigenvalue weighted by molar-refractivity contribution is -0.133. The van der Waals surface area contributed by atoms with Crippen molar-refractivity contribution in [1.29, 1.82) is 0 Å². The van der Waals surface area contributed by atoms with Crippen LogP contribution in [0, 0.1) is 11.6 Å². The molecule has 3 rings (SSSR count). The zero-order valence-electron chi connectivity index (χ0n) is 17.1. The summed E-state index contributed by atoms with van der Waals surface area (Å²) < 4.78 is 55.9. The first-order valence-corrected chi connectivity index (χ1v) is 12.8. The fraction of sp³-hybridized carbons (Fsp3) is 0.381. The smallest absolute Gasteiger partial charge is 0.244 e. The van der Waals surface area contributed by atoms with E-state index in [0.29, 0.717) is 37.6 Å². The number of hydrogen-bond acceptors (Lipinski definition) is 5. The number of amides is 1. The number of thioether (sulfide) groups is 1. The topological polar surface area (TPSA) is 69.7 Å². The first-order valence-electron chi connectivity index (χ1n) is 9.87. The second-order valence-corrected chi connectivity index (χ2v) is 9.82. The summed E-state index contributed by atoms with van der Waals surface area (Å²) in [4.78, 5) is 16.1. The molecular weight excluding hydrogens is 444 g/mol. The number of para-hydroxylation sites is 1. The van der Waals surface area contributed by atoms with E-state index >= 15 is 0 Å². The van der Waals surface area contributed by atoms with Crippen molar-refractivity contribution >= 4 is 33.4 Å². The summed E-state index contributed by atoms with van der Waals surface area (Å²) in [6.07, 6.45) is 2.14. The summed E-state index contributed by atoms with van der Waals surface area (Å²) >= 11 is 1.49. The fourth-order valence-corrected chi connectivity index (χ4v) is 5.25. The summed E-state index contributed by atoms with van der Waals surface area (Å²) in [7, 11) is -4.21. The first-order chi connectivity index (χ1) is 14.8. The quantitative estimate of drug-likeness (QED) is 0.644. The Labute approximate surface area is 185 Å². The Bertz CT molecular complexity index is 1010. The zero-order chi connectivity index (χ0) is 22.4. The van der Waals surface area contributed by atoms with Crippen LogP contribution in [-0.4, -0.2) is 63.5 Å². The molecule has 31 heavy (non-hydrogen) atoms. The molecule has 2 aromatic rings. The highest BCUT2D eigenvalue weighted by molar-refractivity contribution is 7.98. The minimum Gasteiger partial charge on any atom is -0.366 e. The summed E-state index contributed by atoms with van der Waals surface area (Å²) in [6.45, 7) is 1.54. The van der Waals surface area contributed by atoms with E-state index < -0.39 is 26.8 Å². The Morgan fingerprint density at radius 3 is 2.26 bits per heavy atom. The number of hydrogen-bond donors (Lipinski definition) is 1.